The third kappa shape index (κ3) is 3.58. The number of hydrogen-bond acceptors (Lipinski definition) is 2. The Kier molecular flexibility index (Phi) is 5.25. The summed E-state index contributed by atoms with van der Waals surface area (Å²) in [7, 11) is 0. The van der Waals surface area contributed by atoms with E-state index < -0.39 is 0 Å². The van der Waals surface area contributed by atoms with Gasteiger partial charge >= 0.3 is 0 Å². The molecule has 0 radical (unpaired) electrons. The molecule has 18 heavy (non-hydrogen) atoms. The van der Waals surface area contributed by atoms with Crippen LogP contribution in [0.3, 0.4) is 0 Å². The highest BCUT2D eigenvalue weighted by molar-refractivity contribution is 7.07. The molecule has 1 heterocycles. The zero-order valence-corrected chi connectivity index (χ0v) is 12.5. The lowest BCUT2D eigenvalue weighted by molar-refractivity contribution is 0.140. The van der Waals surface area contributed by atoms with Crippen molar-refractivity contribution in [3.63, 3.8) is 0 Å². The molecule has 1 saturated carbocycles. The minimum absolute atomic E-state index is 0.451. The second-order valence-electron chi connectivity index (χ2n) is 6.07. The number of thiophene rings is 1. The van der Waals surface area contributed by atoms with Crippen molar-refractivity contribution in [1.82, 2.24) is 0 Å². The molecular formula is C16H27NS. The van der Waals surface area contributed by atoms with Crippen molar-refractivity contribution in [3.8, 4) is 0 Å². The lowest BCUT2D eigenvalue weighted by Crippen LogP contribution is -2.35. The molecule has 2 rings (SSSR count). The van der Waals surface area contributed by atoms with Gasteiger partial charge in [-0.15, -0.1) is 0 Å². The summed E-state index contributed by atoms with van der Waals surface area (Å²) < 4.78 is 0. The van der Waals surface area contributed by atoms with Crippen LogP contribution in [-0.4, -0.2) is 6.54 Å². The molecule has 0 atom stereocenters. The fourth-order valence-electron chi connectivity index (χ4n) is 3.39. The van der Waals surface area contributed by atoms with Gasteiger partial charge in [-0.1, -0.05) is 19.8 Å². The molecule has 0 spiro atoms. The first kappa shape index (κ1) is 14.1. The largest absolute Gasteiger partial charge is 0.330 e. The maximum absolute atomic E-state index is 6.10. The van der Waals surface area contributed by atoms with Crippen LogP contribution in [0.1, 0.15) is 57.4 Å². The van der Waals surface area contributed by atoms with Gasteiger partial charge in [-0.05, 0) is 78.8 Å². The Labute approximate surface area is 116 Å². The molecule has 2 N–H and O–H groups in total. The Hall–Kier alpha value is -0.340. The van der Waals surface area contributed by atoms with E-state index in [9.17, 15) is 0 Å². The second-order valence-corrected chi connectivity index (χ2v) is 6.85. The first-order valence-corrected chi connectivity index (χ1v) is 8.43. The maximum atomic E-state index is 6.10. The standard InChI is InChI=1S/C16H27NS/c1-2-3-14-4-8-16(13-17,9-5-14)10-6-15-7-11-18-12-15/h7,11-12,14H,2-6,8-10,13,17H2,1H3. The average Bonchev–Trinajstić information content (AvgIpc) is 2.92. The molecule has 1 aromatic rings. The van der Waals surface area contributed by atoms with Gasteiger partial charge in [0.1, 0.15) is 0 Å². The van der Waals surface area contributed by atoms with E-state index in [2.05, 4.69) is 23.8 Å². The molecule has 0 bridgehead atoms. The summed E-state index contributed by atoms with van der Waals surface area (Å²) in [6, 6.07) is 2.26. The SMILES string of the molecule is CCCC1CCC(CN)(CCc2ccsc2)CC1. The fourth-order valence-corrected chi connectivity index (χ4v) is 4.09. The minimum atomic E-state index is 0.451. The highest BCUT2D eigenvalue weighted by atomic mass is 32.1. The Balaban J connectivity index is 1.84. The van der Waals surface area contributed by atoms with Crippen molar-refractivity contribution in [3.05, 3.63) is 22.4 Å². The van der Waals surface area contributed by atoms with Crippen molar-refractivity contribution >= 4 is 11.3 Å². The molecule has 0 amide bonds. The fraction of sp³-hybridized carbons (Fsp3) is 0.750. The Morgan fingerprint density at radius 3 is 2.72 bits per heavy atom. The van der Waals surface area contributed by atoms with E-state index in [-0.39, 0.29) is 0 Å². The van der Waals surface area contributed by atoms with E-state index in [0.29, 0.717) is 5.41 Å². The van der Waals surface area contributed by atoms with Crippen LogP contribution < -0.4 is 5.73 Å². The quantitative estimate of drug-likeness (QED) is 0.798. The molecule has 0 unspecified atom stereocenters. The summed E-state index contributed by atoms with van der Waals surface area (Å²) in [5.74, 6) is 0.982. The van der Waals surface area contributed by atoms with Crippen molar-refractivity contribution < 1.29 is 0 Å². The zero-order valence-electron chi connectivity index (χ0n) is 11.7. The first-order chi connectivity index (χ1) is 8.78. The van der Waals surface area contributed by atoms with Gasteiger partial charge in [0.15, 0.2) is 0 Å². The number of nitrogens with two attached hydrogens (primary N) is 1. The predicted octanol–water partition coefficient (Wildman–Crippen LogP) is 4.62. The van der Waals surface area contributed by atoms with Crippen molar-refractivity contribution in [2.24, 2.45) is 17.1 Å². The van der Waals surface area contributed by atoms with Crippen LogP contribution in [0.2, 0.25) is 0 Å². The Morgan fingerprint density at radius 1 is 1.39 bits per heavy atom. The summed E-state index contributed by atoms with van der Waals surface area (Å²) in [6.45, 7) is 3.19. The van der Waals surface area contributed by atoms with Crippen LogP contribution in [0, 0.1) is 11.3 Å². The van der Waals surface area contributed by atoms with Crippen LogP contribution in [-0.2, 0) is 6.42 Å². The molecule has 0 aromatic carbocycles. The van der Waals surface area contributed by atoms with Gasteiger partial charge in [0, 0.05) is 0 Å². The summed E-state index contributed by atoms with van der Waals surface area (Å²) >= 11 is 1.81. The van der Waals surface area contributed by atoms with E-state index in [0.717, 1.165) is 12.5 Å². The molecule has 1 fully saturated rings. The lowest BCUT2D eigenvalue weighted by Gasteiger charge is -2.39. The van der Waals surface area contributed by atoms with Crippen LogP contribution in [0.15, 0.2) is 16.8 Å². The predicted molar refractivity (Wildman–Crippen MR) is 81.0 cm³/mol. The van der Waals surface area contributed by atoms with Gasteiger partial charge in [-0.25, -0.2) is 0 Å². The van der Waals surface area contributed by atoms with Crippen LogP contribution >= 0.6 is 11.3 Å². The first-order valence-electron chi connectivity index (χ1n) is 7.49. The lowest BCUT2D eigenvalue weighted by atomic mass is 9.67. The molecule has 102 valence electrons. The summed E-state index contributed by atoms with van der Waals surface area (Å²) in [6.07, 6.45) is 10.8. The number of hydrogen-bond donors (Lipinski definition) is 1. The number of rotatable bonds is 6. The number of aryl methyl sites for hydroxylation is 1. The molecular weight excluding hydrogens is 238 g/mol. The van der Waals surface area contributed by atoms with Crippen LogP contribution in [0.25, 0.3) is 0 Å². The van der Waals surface area contributed by atoms with Gasteiger partial charge in [0.2, 0.25) is 0 Å². The molecule has 1 nitrogen and oxygen atoms in total. The van der Waals surface area contributed by atoms with Crippen molar-refractivity contribution in [2.45, 2.75) is 58.3 Å². The summed E-state index contributed by atoms with van der Waals surface area (Å²) in [4.78, 5) is 0. The average molecular weight is 265 g/mol. The second kappa shape index (κ2) is 6.72. The Morgan fingerprint density at radius 2 is 2.17 bits per heavy atom. The maximum Gasteiger partial charge on any atom is -0.00204 e. The monoisotopic (exact) mass is 265 g/mol. The summed E-state index contributed by atoms with van der Waals surface area (Å²) in [5.41, 5.74) is 8.05. The smallest absolute Gasteiger partial charge is 0.00204 e. The summed E-state index contributed by atoms with van der Waals surface area (Å²) in [5, 5.41) is 4.47. The van der Waals surface area contributed by atoms with Gasteiger partial charge in [0.25, 0.3) is 0 Å². The topological polar surface area (TPSA) is 26.0 Å². The highest BCUT2D eigenvalue weighted by Gasteiger charge is 2.33. The molecule has 2 heteroatoms. The van der Waals surface area contributed by atoms with E-state index in [1.54, 1.807) is 0 Å². The van der Waals surface area contributed by atoms with E-state index in [1.807, 2.05) is 11.3 Å². The molecule has 1 aliphatic carbocycles. The van der Waals surface area contributed by atoms with Gasteiger partial charge < -0.3 is 5.73 Å². The van der Waals surface area contributed by atoms with Crippen LogP contribution in [0.4, 0.5) is 0 Å². The molecule has 1 aliphatic rings. The molecule has 0 aliphatic heterocycles. The van der Waals surface area contributed by atoms with Gasteiger partial charge in [0.05, 0.1) is 0 Å². The molecule has 0 saturated heterocycles. The minimum Gasteiger partial charge on any atom is -0.330 e. The zero-order chi connectivity index (χ0) is 12.8. The van der Waals surface area contributed by atoms with Crippen LogP contribution in [0.5, 0.6) is 0 Å². The van der Waals surface area contributed by atoms with Crippen molar-refractivity contribution in [2.75, 3.05) is 6.54 Å². The Bertz CT molecular complexity index is 323. The normalized spacial score (nSPS) is 28.4. The third-order valence-electron chi connectivity index (χ3n) is 4.82. The molecule has 1 aromatic heterocycles. The van der Waals surface area contributed by atoms with E-state index >= 15 is 0 Å². The van der Waals surface area contributed by atoms with Crippen molar-refractivity contribution in [1.29, 1.82) is 0 Å². The van der Waals surface area contributed by atoms with Gasteiger partial charge in [-0.2, -0.15) is 11.3 Å². The van der Waals surface area contributed by atoms with Gasteiger partial charge in [-0.3, -0.25) is 0 Å². The van der Waals surface area contributed by atoms with E-state index in [1.165, 1.54) is 56.9 Å². The van der Waals surface area contributed by atoms with E-state index in [4.69, 9.17) is 5.73 Å². The third-order valence-corrected chi connectivity index (χ3v) is 5.55. The highest BCUT2D eigenvalue weighted by Crippen LogP contribution is 2.42.